The molecule has 0 heterocycles. The number of carbonyl (C=O) groups excluding carboxylic acids is 1. The number of ether oxygens (including phenoxy) is 1. The smallest absolute Gasteiger partial charge is 0.352 e. The molecule has 0 aliphatic carbocycles. The van der Waals surface area contributed by atoms with Crippen molar-refractivity contribution in [2.75, 3.05) is 6.61 Å². The monoisotopic (exact) mass is 251 g/mol. The maximum absolute atomic E-state index is 11.4. The first-order valence-electron chi connectivity index (χ1n) is 4.87. The third-order valence-electron chi connectivity index (χ3n) is 1.96. The van der Waals surface area contributed by atoms with Gasteiger partial charge in [0.1, 0.15) is 11.8 Å². The van der Waals surface area contributed by atoms with Gasteiger partial charge in [-0.2, -0.15) is 5.26 Å². The van der Waals surface area contributed by atoms with Gasteiger partial charge in [-0.05, 0) is 19.1 Å². The number of esters is 1. The Bertz CT molecular complexity index is 503. The number of nitriles is 1. The maximum Gasteiger partial charge on any atom is 0.352 e. The predicted molar refractivity (Wildman–Crippen MR) is 63.2 cm³/mol. The third kappa shape index (κ3) is 2.99. The molecule has 0 spiro atoms. The lowest BCUT2D eigenvalue weighted by Gasteiger charge is -2.05. The average molecular weight is 252 g/mol. The number of aliphatic hydroxyl groups excluding tert-OH is 1. The van der Waals surface area contributed by atoms with Crippen LogP contribution in [0.2, 0.25) is 5.02 Å². The van der Waals surface area contributed by atoms with Crippen molar-refractivity contribution in [2.24, 2.45) is 0 Å². The Morgan fingerprint density at radius 3 is 2.71 bits per heavy atom. The number of hydrogen-bond acceptors (Lipinski definition) is 4. The van der Waals surface area contributed by atoms with Crippen LogP contribution in [0.3, 0.4) is 0 Å². The lowest BCUT2D eigenvalue weighted by Crippen LogP contribution is -2.08. The summed E-state index contributed by atoms with van der Waals surface area (Å²) in [7, 11) is 0. The molecule has 0 atom stereocenters. The zero-order valence-electron chi connectivity index (χ0n) is 9.11. The SMILES string of the molecule is CCOC(=O)/C(C#N)=C(/O)c1ccccc1Cl. The number of hydrogen-bond donors (Lipinski definition) is 1. The Kier molecular flexibility index (Phi) is 4.56. The van der Waals surface area contributed by atoms with Gasteiger partial charge >= 0.3 is 5.97 Å². The average Bonchev–Trinajstić information content (AvgIpc) is 2.30. The molecule has 0 aromatic heterocycles. The summed E-state index contributed by atoms with van der Waals surface area (Å²) in [6, 6.07) is 7.98. The molecule has 0 bridgehead atoms. The van der Waals surface area contributed by atoms with Gasteiger partial charge in [-0.25, -0.2) is 4.79 Å². The van der Waals surface area contributed by atoms with E-state index in [0.29, 0.717) is 0 Å². The van der Waals surface area contributed by atoms with E-state index in [9.17, 15) is 9.90 Å². The summed E-state index contributed by atoms with van der Waals surface area (Å²) in [4.78, 5) is 11.4. The molecular weight excluding hydrogens is 242 g/mol. The highest BCUT2D eigenvalue weighted by Gasteiger charge is 2.18. The van der Waals surface area contributed by atoms with E-state index in [-0.39, 0.29) is 17.2 Å². The summed E-state index contributed by atoms with van der Waals surface area (Å²) in [6.07, 6.45) is 0. The fourth-order valence-corrected chi connectivity index (χ4v) is 1.41. The fourth-order valence-electron chi connectivity index (χ4n) is 1.19. The molecule has 5 heteroatoms. The van der Waals surface area contributed by atoms with E-state index in [2.05, 4.69) is 4.74 Å². The highest BCUT2D eigenvalue weighted by atomic mass is 35.5. The molecule has 0 amide bonds. The Labute approximate surface area is 104 Å². The first-order chi connectivity index (χ1) is 8.11. The van der Waals surface area contributed by atoms with Gasteiger partial charge < -0.3 is 9.84 Å². The topological polar surface area (TPSA) is 70.3 Å². The first-order valence-corrected chi connectivity index (χ1v) is 5.25. The van der Waals surface area contributed by atoms with Crippen molar-refractivity contribution in [3.05, 3.63) is 40.4 Å². The fraction of sp³-hybridized carbons (Fsp3) is 0.167. The van der Waals surface area contributed by atoms with Crippen LogP contribution in [-0.4, -0.2) is 17.7 Å². The van der Waals surface area contributed by atoms with E-state index in [4.69, 9.17) is 16.9 Å². The Balaban J connectivity index is 3.24. The van der Waals surface area contributed by atoms with Gasteiger partial charge in [0.15, 0.2) is 5.57 Å². The number of halogens is 1. The van der Waals surface area contributed by atoms with Gasteiger partial charge in [0, 0.05) is 5.56 Å². The summed E-state index contributed by atoms with van der Waals surface area (Å²) in [5.74, 6) is -1.34. The summed E-state index contributed by atoms with van der Waals surface area (Å²) < 4.78 is 4.66. The van der Waals surface area contributed by atoms with Gasteiger partial charge in [0.2, 0.25) is 0 Å². The molecule has 0 fully saturated rings. The molecule has 0 saturated heterocycles. The van der Waals surface area contributed by atoms with Crippen molar-refractivity contribution in [3.8, 4) is 6.07 Å². The number of aliphatic hydroxyl groups is 1. The van der Waals surface area contributed by atoms with E-state index in [0.717, 1.165) is 0 Å². The van der Waals surface area contributed by atoms with Crippen LogP contribution in [0, 0.1) is 11.3 Å². The minimum Gasteiger partial charge on any atom is -0.506 e. The van der Waals surface area contributed by atoms with Crippen molar-refractivity contribution in [1.29, 1.82) is 5.26 Å². The van der Waals surface area contributed by atoms with Gasteiger partial charge in [-0.1, -0.05) is 23.7 Å². The van der Waals surface area contributed by atoms with Crippen LogP contribution in [0.1, 0.15) is 12.5 Å². The first kappa shape index (κ1) is 13.1. The highest BCUT2D eigenvalue weighted by molar-refractivity contribution is 6.32. The molecule has 0 radical (unpaired) electrons. The third-order valence-corrected chi connectivity index (χ3v) is 2.29. The van der Waals surface area contributed by atoms with Gasteiger partial charge in [0.05, 0.1) is 11.6 Å². The van der Waals surface area contributed by atoms with Crippen molar-refractivity contribution < 1.29 is 14.6 Å². The van der Waals surface area contributed by atoms with Crippen molar-refractivity contribution in [3.63, 3.8) is 0 Å². The number of nitrogens with zero attached hydrogens (tertiary/aromatic N) is 1. The van der Waals surface area contributed by atoms with Crippen LogP contribution >= 0.6 is 11.6 Å². The molecule has 1 rings (SSSR count). The summed E-state index contributed by atoms with van der Waals surface area (Å²) in [6.45, 7) is 1.74. The molecule has 17 heavy (non-hydrogen) atoms. The minimum atomic E-state index is -0.868. The van der Waals surface area contributed by atoms with Crippen LogP contribution < -0.4 is 0 Å². The van der Waals surface area contributed by atoms with E-state index < -0.39 is 17.3 Å². The van der Waals surface area contributed by atoms with Crippen molar-refractivity contribution >= 4 is 23.3 Å². The molecule has 0 unspecified atom stereocenters. The highest BCUT2D eigenvalue weighted by Crippen LogP contribution is 2.24. The molecule has 0 saturated carbocycles. The van der Waals surface area contributed by atoms with E-state index in [1.54, 1.807) is 31.2 Å². The molecule has 0 aliphatic rings. The standard InChI is InChI=1S/C12H10ClNO3/c1-2-17-12(16)9(7-14)11(15)8-5-3-4-6-10(8)13/h3-6,15H,2H2,1H3/b11-9+. The van der Waals surface area contributed by atoms with Gasteiger partial charge in [-0.15, -0.1) is 0 Å². The predicted octanol–water partition coefficient (Wildman–Crippen LogP) is 2.70. The van der Waals surface area contributed by atoms with Crippen LogP contribution in [0.5, 0.6) is 0 Å². The Morgan fingerprint density at radius 1 is 1.53 bits per heavy atom. The number of benzene rings is 1. The molecule has 1 N–H and O–H groups in total. The minimum absolute atomic E-state index is 0.125. The molecule has 4 nitrogen and oxygen atoms in total. The van der Waals surface area contributed by atoms with E-state index in [1.165, 1.54) is 6.07 Å². The quantitative estimate of drug-likeness (QED) is 0.388. The van der Waals surface area contributed by atoms with Crippen LogP contribution in [-0.2, 0) is 9.53 Å². The lowest BCUT2D eigenvalue weighted by molar-refractivity contribution is -0.138. The second kappa shape index (κ2) is 5.92. The second-order valence-corrected chi connectivity index (χ2v) is 3.44. The molecule has 1 aromatic rings. The lowest BCUT2D eigenvalue weighted by atomic mass is 10.1. The second-order valence-electron chi connectivity index (χ2n) is 3.04. The summed E-state index contributed by atoms with van der Waals surface area (Å²) in [5.41, 5.74) is -0.237. The maximum atomic E-state index is 11.4. The zero-order chi connectivity index (χ0) is 12.8. The molecule has 1 aromatic carbocycles. The summed E-state index contributed by atoms with van der Waals surface area (Å²) in [5, 5.41) is 18.9. The molecule has 88 valence electrons. The number of carbonyl (C=O) groups is 1. The van der Waals surface area contributed by atoms with Gasteiger partial charge in [-0.3, -0.25) is 0 Å². The normalized spacial score (nSPS) is 11.4. The van der Waals surface area contributed by atoms with E-state index >= 15 is 0 Å². The summed E-state index contributed by atoms with van der Waals surface area (Å²) >= 11 is 5.85. The van der Waals surface area contributed by atoms with Crippen LogP contribution in [0.25, 0.3) is 5.76 Å². The zero-order valence-corrected chi connectivity index (χ0v) is 9.86. The molecule has 0 aliphatic heterocycles. The Morgan fingerprint density at radius 2 is 2.18 bits per heavy atom. The number of rotatable bonds is 3. The van der Waals surface area contributed by atoms with Crippen molar-refractivity contribution in [2.45, 2.75) is 6.92 Å². The van der Waals surface area contributed by atoms with Crippen molar-refractivity contribution in [1.82, 2.24) is 0 Å². The van der Waals surface area contributed by atoms with Gasteiger partial charge in [0.25, 0.3) is 0 Å². The Hall–Kier alpha value is -1.99. The molecular formula is C12H10ClNO3. The van der Waals surface area contributed by atoms with E-state index in [1.807, 2.05) is 0 Å². The van der Waals surface area contributed by atoms with Crippen LogP contribution in [0.4, 0.5) is 0 Å². The van der Waals surface area contributed by atoms with Crippen LogP contribution in [0.15, 0.2) is 29.8 Å². The largest absolute Gasteiger partial charge is 0.506 e.